The number of nitrogens with zero attached hydrogens (tertiary/aromatic N) is 4. The van der Waals surface area contributed by atoms with E-state index in [4.69, 9.17) is 18.9 Å². The summed E-state index contributed by atoms with van der Waals surface area (Å²) in [5.41, 5.74) is -3.06. The predicted molar refractivity (Wildman–Crippen MR) is 94.1 cm³/mol. The van der Waals surface area contributed by atoms with Gasteiger partial charge < -0.3 is 24.2 Å². The first-order valence-corrected chi connectivity index (χ1v) is 8.87. The zero-order valence-corrected chi connectivity index (χ0v) is 16.8. The minimum atomic E-state index is -1.51. The molecular weight excluding hydrogens is 424 g/mol. The quantitative estimate of drug-likeness (QED) is 0.273. The van der Waals surface area contributed by atoms with E-state index in [-0.39, 0.29) is 4.90 Å². The van der Waals surface area contributed by atoms with E-state index in [1.807, 2.05) is 0 Å². The number of ether oxygens (including phenoxy) is 4. The van der Waals surface area contributed by atoms with Crippen LogP contribution in [0.4, 0.5) is 0 Å². The number of esters is 3. The zero-order valence-electron chi connectivity index (χ0n) is 16.8. The first kappa shape index (κ1) is 21.9. The first-order chi connectivity index (χ1) is 14.5. The van der Waals surface area contributed by atoms with Gasteiger partial charge in [-0.2, -0.15) is 0 Å². The van der Waals surface area contributed by atoms with Crippen molar-refractivity contribution in [2.75, 3.05) is 6.61 Å². The summed E-state index contributed by atoms with van der Waals surface area (Å²) in [6.45, 7) is 2.89. The molecule has 0 amide bonds. The lowest BCUT2D eigenvalue weighted by Gasteiger charge is -2.23. The van der Waals surface area contributed by atoms with E-state index in [1.54, 1.807) is 0 Å². The maximum absolute atomic E-state index is 12.9. The summed E-state index contributed by atoms with van der Waals surface area (Å²) in [6.07, 6.45) is -5.39. The molecule has 168 valence electrons. The summed E-state index contributed by atoms with van der Waals surface area (Å²) in [5, 5.41) is 15.3. The molecule has 0 radical (unpaired) electrons. The molecule has 0 bridgehead atoms. The summed E-state index contributed by atoms with van der Waals surface area (Å²) in [6, 6.07) is 0. The fraction of sp³-hybridized carbons (Fsp3) is 0.562. The fourth-order valence-electron chi connectivity index (χ4n) is 3.20. The molecule has 1 saturated heterocycles. The lowest BCUT2D eigenvalue weighted by Crippen LogP contribution is -2.46. The predicted octanol–water partition coefficient (Wildman–Crippen LogP) is -2.35. The Morgan fingerprint density at radius 3 is 2.29 bits per heavy atom. The van der Waals surface area contributed by atoms with Crippen molar-refractivity contribution >= 4 is 29.1 Å². The molecule has 15 heteroatoms. The Morgan fingerprint density at radius 1 is 1.10 bits per heavy atom. The van der Waals surface area contributed by atoms with E-state index in [0.717, 1.165) is 32.4 Å². The van der Waals surface area contributed by atoms with Crippen molar-refractivity contribution in [2.45, 2.75) is 45.3 Å². The van der Waals surface area contributed by atoms with E-state index >= 15 is 0 Å². The van der Waals surface area contributed by atoms with Crippen molar-refractivity contribution in [2.24, 2.45) is 7.05 Å². The van der Waals surface area contributed by atoms with Crippen LogP contribution in [0.2, 0.25) is 0 Å². The third-order valence-electron chi connectivity index (χ3n) is 4.42. The van der Waals surface area contributed by atoms with Crippen molar-refractivity contribution in [1.82, 2.24) is 14.3 Å². The van der Waals surface area contributed by atoms with Gasteiger partial charge in [0.25, 0.3) is 0 Å². The molecule has 0 N–H and O–H groups in total. The second kappa shape index (κ2) is 8.17. The average molecular weight is 442 g/mol. The Morgan fingerprint density at radius 2 is 1.71 bits per heavy atom. The number of rotatable bonds is 5. The van der Waals surface area contributed by atoms with Gasteiger partial charge in [0, 0.05) is 27.8 Å². The lowest BCUT2D eigenvalue weighted by molar-refractivity contribution is -0.782. The molecule has 0 aromatic carbocycles. The van der Waals surface area contributed by atoms with Crippen LogP contribution in [0, 0.1) is 5.21 Å². The Balaban J connectivity index is 2.19. The van der Waals surface area contributed by atoms with Crippen LogP contribution in [0.5, 0.6) is 0 Å². The van der Waals surface area contributed by atoms with Crippen LogP contribution in [0.15, 0.2) is 14.2 Å². The van der Waals surface area contributed by atoms with Crippen LogP contribution in [0.1, 0.15) is 27.0 Å². The molecule has 0 spiro atoms. The van der Waals surface area contributed by atoms with Gasteiger partial charge >= 0.3 is 40.3 Å². The molecular formula is C16H18N4O11. The highest BCUT2D eigenvalue weighted by atomic mass is 16.8. The van der Waals surface area contributed by atoms with Crippen LogP contribution >= 0.6 is 0 Å². The largest absolute Gasteiger partial charge is 0.463 e. The molecule has 3 heterocycles. The molecule has 0 unspecified atom stereocenters. The van der Waals surface area contributed by atoms with Gasteiger partial charge in [0.15, 0.2) is 18.4 Å². The smallest absolute Gasteiger partial charge is 0.336 e. The first-order valence-electron chi connectivity index (χ1n) is 8.87. The van der Waals surface area contributed by atoms with Gasteiger partial charge in [-0.15, -0.1) is 0 Å². The summed E-state index contributed by atoms with van der Waals surface area (Å²) < 4.78 is 26.9. The highest BCUT2D eigenvalue weighted by Crippen LogP contribution is 2.34. The molecule has 4 atom stereocenters. The van der Waals surface area contributed by atoms with E-state index in [2.05, 4.69) is 9.79 Å². The maximum atomic E-state index is 12.9. The summed E-state index contributed by atoms with van der Waals surface area (Å²) in [4.78, 5) is 59.5. The number of hydrogen-bond acceptors (Lipinski definition) is 12. The van der Waals surface area contributed by atoms with Gasteiger partial charge in [0.1, 0.15) is 12.7 Å². The second-order valence-electron chi connectivity index (χ2n) is 6.63. The van der Waals surface area contributed by atoms with E-state index in [0.29, 0.717) is 4.57 Å². The van der Waals surface area contributed by atoms with E-state index in [9.17, 15) is 29.2 Å². The highest BCUT2D eigenvalue weighted by molar-refractivity contribution is 5.68. The maximum Gasteiger partial charge on any atom is 0.336 e. The molecule has 1 aliphatic rings. The Hall–Kier alpha value is -3.75. The summed E-state index contributed by atoms with van der Waals surface area (Å²) >= 11 is 0. The van der Waals surface area contributed by atoms with Crippen LogP contribution in [0.3, 0.4) is 0 Å². The zero-order chi connectivity index (χ0) is 23.0. The number of aromatic nitrogens is 4. The van der Waals surface area contributed by atoms with E-state index < -0.39 is 71.5 Å². The van der Waals surface area contributed by atoms with E-state index in [1.165, 1.54) is 0 Å². The molecule has 0 saturated carbocycles. The number of fused-ring (bicyclic) bond motifs is 1. The molecule has 1 aliphatic heterocycles. The fourth-order valence-corrected chi connectivity index (χ4v) is 3.20. The van der Waals surface area contributed by atoms with Crippen molar-refractivity contribution in [1.29, 1.82) is 0 Å². The Kier molecular flexibility index (Phi) is 5.79. The summed E-state index contributed by atoms with van der Waals surface area (Å²) in [5.74, 6) is -2.24. The van der Waals surface area contributed by atoms with Gasteiger partial charge in [-0.05, 0) is 4.90 Å². The molecule has 3 rings (SSSR count). The highest BCUT2D eigenvalue weighted by Gasteiger charge is 2.52. The standard InChI is InChI=1S/C16H18N4O11/c1-6(21)27-5-9-11(28-7(2)22)12(29-8(3)23)15(30-9)19-13-10(20(26)31-17-13)14(24)18(4)16(19)25/h9,11-12,15H,5H2,1-4H3/t9-,11+,12-,15-/m1/s1. The normalized spacial score (nSPS) is 23.0. The lowest BCUT2D eigenvalue weighted by atomic mass is 10.1. The number of carbonyl (C=O) groups excluding carboxylic acids is 3. The third-order valence-corrected chi connectivity index (χ3v) is 4.42. The van der Waals surface area contributed by atoms with Crippen molar-refractivity contribution in [3.05, 3.63) is 26.0 Å². The van der Waals surface area contributed by atoms with Crippen molar-refractivity contribution < 1.29 is 42.9 Å². The van der Waals surface area contributed by atoms with Gasteiger partial charge in [-0.1, -0.05) is 0 Å². The van der Waals surface area contributed by atoms with Crippen LogP contribution in [0.25, 0.3) is 11.2 Å². The number of carbonyl (C=O) groups is 3. The van der Waals surface area contributed by atoms with Gasteiger partial charge in [-0.25, -0.2) is 9.36 Å². The van der Waals surface area contributed by atoms with Gasteiger partial charge in [0.05, 0.1) is 5.16 Å². The van der Waals surface area contributed by atoms with Crippen LogP contribution in [-0.2, 0) is 40.4 Å². The second-order valence-corrected chi connectivity index (χ2v) is 6.63. The Labute approximate surface area is 172 Å². The Bertz CT molecular complexity index is 1160. The average Bonchev–Trinajstić information content (AvgIpc) is 3.19. The SMILES string of the molecule is CC(=O)OC[C@H]1O[C@@H](n2c(=O)n(C)c(=O)c3c2no[n+]3[O-])[C@H](OC(C)=O)[C@H]1OC(C)=O. The van der Waals surface area contributed by atoms with Crippen molar-refractivity contribution in [3.63, 3.8) is 0 Å². The topological polar surface area (TPSA) is 185 Å². The molecule has 31 heavy (non-hydrogen) atoms. The van der Waals surface area contributed by atoms with Crippen molar-refractivity contribution in [3.8, 4) is 0 Å². The molecule has 2 aromatic rings. The van der Waals surface area contributed by atoms with Gasteiger partial charge in [0.2, 0.25) is 0 Å². The monoisotopic (exact) mass is 442 g/mol. The minimum absolute atomic E-state index is 0.191. The van der Waals surface area contributed by atoms with Gasteiger partial charge in [-0.3, -0.25) is 28.4 Å². The molecule has 1 fully saturated rings. The number of hydrogen-bond donors (Lipinski definition) is 0. The molecule has 15 nitrogen and oxygen atoms in total. The van der Waals surface area contributed by atoms with Crippen LogP contribution in [-0.4, -0.2) is 57.1 Å². The third kappa shape index (κ3) is 3.98. The summed E-state index contributed by atoms with van der Waals surface area (Å²) in [7, 11) is 1.10. The minimum Gasteiger partial charge on any atom is -0.463 e. The molecule has 2 aromatic heterocycles. The van der Waals surface area contributed by atoms with Crippen LogP contribution < -0.4 is 16.2 Å². The molecule has 0 aliphatic carbocycles.